The van der Waals surface area contributed by atoms with Crippen molar-refractivity contribution in [1.29, 1.82) is 0 Å². The van der Waals surface area contributed by atoms with E-state index in [4.69, 9.17) is 5.73 Å². The van der Waals surface area contributed by atoms with Crippen LogP contribution in [0, 0.1) is 5.92 Å². The van der Waals surface area contributed by atoms with Crippen molar-refractivity contribution in [2.75, 3.05) is 5.75 Å². The highest BCUT2D eigenvalue weighted by molar-refractivity contribution is 7.80. The van der Waals surface area contributed by atoms with Gasteiger partial charge in [-0.1, -0.05) is 26.0 Å². The lowest BCUT2D eigenvalue weighted by atomic mass is 10.0. The molecule has 0 aliphatic carbocycles. The van der Waals surface area contributed by atoms with Gasteiger partial charge in [0.05, 0.1) is 12.5 Å². The third kappa shape index (κ3) is 9.27. The number of phenols is 1. The quantitative estimate of drug-likeness (QED) is 0.154. The van der Waals surface area contributed by atoms with Gasteiger partial charge in [-0.25, -0.2) is 4.79 Å². The molecule has 4 atom stereocenters. The molecule has 8 N–H and O–H groups in total. The van der Waals surface area contributed by atoms with Crippen LogP contribution in [0.3, 0.4) is 0 Å². The number of nitrogens with one attached hydrogen (secondary N) is 3. The third-order valence-corrected chi connectivity index (χ3v) is 5.20. The van der Waals surface area contributed by atoms with Crippen molar-refractivity contribution < 1.29 is 39.3 Å². The molecule has 1 aromatic rings. The largest absolute Gasteiger partial charge is 0.508 e. The van der Waals surface area contributed by atoms with Crippen molar-refractivity contribution in [2.24, 2.45) is 11.7 Å². The van der Waals surface area contributed by atoms with Crippen molar-refractivity contribution in [3.63, 3.8) is 0 Å². The monoisotopic (exact) mass is 498 g/mol. The van der Waals surface area contributed by atoms with Gasteiger partial charge in [0.1, 0.15) is 23.9 Å². The summed E-state index contributed by atoms with van der Waals surface area (Å²) in [5, 5.41) is 34.7. The Morgan fingerprint density at radius 1 is 0.882 bits per heavy atom. The summed E-state index contributed by atoms with van der Waals surface area (Å²) in [7, 11) is 0. The number of phenolic OH excluding ortho intramolecular Hbond substituents is 1. The van der Waals surface area contributed by atoms with E-state index in [2.05, 4.69) is 28.6 Å². The van der Waals surface area contributed by atoms with E-state index in [1.54, 1.807) is 13.8 Å². The van der Waals surface area contributed by atoms with Gasteiger partial charge in [-0.15, -0.1) is 0 Å². The van der Waals surface area contributed by atoms with Gasteiger partial charge in [-0.05, 0) is 23.6 Å². The molecule has 0 saturated carbocycles. The van der Waals surface area contributed by atoms with Crippen LogP contribution in [0.5, 0.6) is 5.75 Å². The lowest BCUT2D eigenvalue weighted by Crippen LogP contribution is -2.58. The van der Waals surface area contributed by atoms with Crippen LogP contribution in [-0.4, -0.2) is 74.9 Å². The zero-order chi connectivity index (χ0) is 26.0. The first kappa shape index (κ1) is 28.7. The van der Waals surface area contributed by atoms with Gasteiger partial charge in [-0.3, -0.25) is 19.2 Å². The van der Waals surface area contributed by atoms with Gasteiger partial charge in [0, 0.05) is 12.2 Å². The van der Waals surface area contributed by atoms with Crippen molar-refractivity contribution in [1.82, 2.24) is 16.0 Å². The lowest BCUT2D eigenvalue weighted by molar-refractivity contribution is -0.142. The highest BCUT2D eigenvalue weighted by Crippen LogP contribution is 2.12. The number of nitrogens with two attached hydrogens (primary N) is 1. The normalized spacial score (nSPS) is 14.4. The van der Waals surface area contributed by atoms with Crippen LogP contribution in [0.15, 0.2) is 24.3 Å². The fourth-order valence-electron chi connectivity index (χ4n) is 2.76. The Balaban J connectivity index is 3.14. The Hall–Kier alpha value is -3.32. The Bertz CT molecular complexity index is 893. The van der Waals surface area contributed by atoms with E-state index in [1.165, 1.54) is 24.3 Å². The molecule has 0 heterocycles. The van der Waals surface area contributed by atoms with Crippen LogP contribution in [0.4, 0.5) is 0 Å². The third-order valence-electron chi connectivity index (χ3n) is 4.84. The number of benzene rings is 1. The zero-order valence-corrected chi connectivity index (χ0v) is 19.6. The lowest BCUT2D eigenvalue weighted by Gasteiger charge is -2.25. The van der Waals surface area contributed by atoms with Crippen LogP contribution in [0.25, 0.3) is 0 Å². The second kappa shape index (κ2) is 13.4. The molecule has 0 bridgehead atoms. The minimum Gasteiger partial charge on any atom is -0.508 e. The van der Waals surface area contributed by atoms with Crippen LogP contribution < -0.4 is 21.7 Å². The van der Waals surface area contributed by atoms with E-state index in [0.717, 1.165) is 0 Å². The summed E-state index contributed by atoms with van der Waals surface area (Å²) in [6.45, 7) is 3.35. The first-order valence-electron chi connectivity index (χ1n) is 10.4. The molecule has 0 fully saturated rings. The number of amides is 3. The van der Waals surface area contributed by atoms with E-state index >= 15 is 0 Å². The number of hydrogen-bond donors (Lipinski definition) is 8. The molecule has 0 spiro atoms. The van der Waals surface area contributed by atoms with Crippen molar-refractivity contribution in [3.8, 4) is 5.75 Å². The van der Waals surface area contributed by atoms with Crippen molar-refractivity contribution in [2.45, 2.75) is 50.9 Å². The summed E-state index contributed by atoms with van der Waals surface area (Å²) in [6.07, 6.45) is -0.889. The van der Waals surface area contributed by atoms with E-state index in [9.17, 15) is 39.3 Å². The van der Waals surface area contributed by atoms with Gasteiger partial charge in [0.25, 0.3) is 0 Å². The Kier molecular flexibility index (Phi) is 11.3. The van der Waals surface area contributed by atoms with E-state index < -0.39 is 60.2 Å². The number of aromatic hydroxyl groups is 1. The Morgan fingerprint density at radius 3 is 1.85 bits per heavy atom. The molecule has 188 valence electrons. The molecule has 34 heavy (non-hydrogen) atoms. The fraction of sp³-hybridized carbons (Fsp3) is 0.476. The number of carboxylic acid groups (broad SMARTS) is 2. The second-order valence-electron chi connectivity index (χ2n) is 7.94. The van der Waals surface area contributed by atoms with Gasteiger partial charge in [-0.2, -0.15) is 12.6 Å². The fourth-order valence-corrected chi connectivity index (χ4v) is 3.01. The topological polar surface area (TPSA) is 208 Å². The van der Waals surface area contributed by atoms with E-state index in [0.29, 0.717) is 5.56 Å². The number of carbonyl (C=O) groups excluding carboxylic acids is 3. The molecule has 13 heteroatoms. The first-order valence-corrected chi connectivity index (χ1v) is 11.0. The zero-order valence-electron chi connectivity index (χ0n) is 18.7. The smallest absolute Gasteiger partial charge is 0.327 e. The molecule has 0 aliphatic rings. The number of thiol groups is 1. The molecule has 3 amide bonds. The highest BCUT2D eigenvalue weighted by atomic mass is 32.1. The molecule has 0 saturated heterocycles. The summed E-state index contributed by atoms with van der Waals surface area (Å²) >= 11 is 3.89. The van der Waals surface area contributed by atoms with Crippen LogP contribution in [0.2, 0.25) is 0 Å². The van der Waals surface area contributed by atoms with Gasteiger partial charge >= 0.3 is 11.9 Å². The van der Waals surface area contributed by atoms with Gasteiger partial charge in [0.2, 0.25) is 17.7 Å². The summed E-state index contributed by atoms with van der Waals surface area (Å²) in [6, 6.07) is 0.512. The molecule has 0 aromatic heterocycles. The molecule has 1 aromatic carbocycles. The minimum atomic E-state index is -1.54. The van der Waals surface area contributed by atoms with Crippen molar-refractivity contribution >= 4 is 42.3 Å². The molecule has 12 nitrogen and oxygen atoms in total. The number of aliphatic carboxylic acids is 2. The predicted octanol–water partition coefficient (Wildman–Crippen LogP) is -1.14. The Labute approximate surface area is 201 Å². The van der Waals surface area contributed by atoms with Gasteiger partial charge in [0.15, 0.2) is 0 Å². The molecule has 1 rings (SSSR count). The number of carboxylic acids is 2. The maximum Gasteiger partial charge on any atom is 0.327 e. The number of carbonyl (C=O) groups is 5. The Morgan fingerprint density at radius 2 is 1.38 bits per heavy atom. The van der Waals surface area contributed by atoms with Crippen molar-refractivity contribution in [3.05, 3.63) is 29.8 Å². The summed E-state index contributed by atoms with van der Waals surface area (Å²) < 4.78 is 0. The SMILES string of the molecule is CC(C)C(N)C(=O)NC(CC(=O)O)C(=O)NC(Cc1ccc(O)cc1)C(=O)NC(CS)C(=O)O. The highest BCUT2D eigenvalue weighted by Gasteiger charge is 2.31. The summed E-state index contributed by atoms with van der Waals surface area (Å²) in [4.78, 5) is 60.5. The van der Waals surface area contributed by atoms with Crippen LogP contribution >= 0.6 is 12.6 Å². The number of hydrogen-bond acceptors (Lipinski definition) is 8. The predicted molar refractivity (Wildman–Crippen MR) is 124 cm³/mol. The molecular weight excluding hydrogens is 468 g/mol. The van der Waals surface area contributed by atoms with Gasteiger partial charge < -0.3 is 37.0 Å². The second-order valence-corrected chi connectivity index (χ2v) is 8.31. The average Bonchev–Trinajstić information content (AvgIpc) is 2.76. The first-order chi connectivity index (χ1) is 15.8. The molecular formula is C21H30N4O8S. The number of rotatable bonds is 13. The maximum absolute atomic E-state index is 12.9. The standard InChI is InChI=1S/C21H30N4O8S/c1-10(2)17(22)20(31)24-14(8-16(27)28)19(30)23-13(7-11-3-5-12(26)6-4-11)18(29)25-15(9-34)21(32)33/h3-6,10,13-15,17,26,34H,7-9,22H2,1-2H3,(H,23,30)(H,24,31)(H,25,29)(H,27,28)(H,32,33). The van der Waals surface area contributed by atoms with E-state index in [-0.39, 0.29) is 23.8 Å². The van der Waals surface area contributed by atoms with Crippen LogP contribution in [0.1, 0.15) is 25.8 Å². The molecule has 0 aliphatic heterocycles. The molecule has 4 unspecified atom stereocenters. The molecule has 0 radical (unpaired) electrons. The minimum absolute atomic E-state index is 0.0273. The van der Waals surface area contributed by atoms with Crippen LogP contribution in [-0.2, 0) is 30.4 Å². The maximum atomic E-state index is 12.9. The van der Waals surface area contributed by atoms with E-state index in [1.807, 2.05) is 0 Å². The summed E-state index contributed by atoms with van der Waals surface area (Å²) in [5.41, 5.74) is 6.27. The average molecular weight is 499 g/mol. The summed E-state index contributed by atoms with van der Waals surface area (Å²) in [5.74, 6) is -5.80.